The number of carbonyl (C=O) groups is 2. The predicted molar refractivity (Wildman–Crippen MR) is 141 cm³/mol. The number of nitrogens with zero attached hydrogens (tertiary/aromatic N) is 2. The van der Waals surface area contributed by atoms with E-state index >= 15 is 0 Å². The van der Waals surface area contributed by atoms with Crippen LogP contribution in [0.4, 0.5) is 5.69 Å². The Hall–Kier alpha value is -3.51. The first-order valence-electron chi connectivity index (χ1n) is 11.4. The number of amides is 2. The predicted octanol–water partition coefficient (Wildman–Crippen LogP) is 5.67. The normalized spacial score (nSPS) is 15.4. The van der Waals surface area contributed by atoms with Crippen molar-refractivity contribution in [2.75, 3.05) is 4.90 Å². The van der Waals surface area contributed by atoms with Gasteiger partial charge in [-0.25, -0.2) is 0 Å². The molecule has 0 bridgehead atoms. The van der Waals surface area contributed by atoms with Crippen LogP contribution in [-0.2, 0) is 9.59 Å². The summed E-state index contributed by atoms with van der Waals surface area (Å²) >= 11 is 5.36. The Balaban J connectivity index is 1.74. The highest BCUT2D eigenvalue weighted by Crippen LogP contribution is 2.28. The van der Waals surface area contributed by atoms with Crippen LogP contribution in [0.25, 0.3) is 11.8 Å². The van der Waals surface area contributed by atoms with Gasteiger partial charge in [0.15, 0.2) is 5.11 Å². The van der Waals surface area contributed by atoms with Crippen molar-refractivity contribution in [1.82, 2.24) is 9.88 Å². The van der Waals surface area contributed by atoms with Gasteiger partial charge in [0, 0.05) is 17.1 Å². The minimum Gasteiger partial charge on any atom is -0.318 e. The highest BCUT2D eigenvalue weighted by atomic mass is 32.1. The van der Waals surface area contributed by atoms with Gasteiger partial charge >= 0.3 is 0 Å². The van der Waals surface area contributed by atoms with Crippen LogP contribution >= 0.6 is 12.2 Å². The van der Waals surface area contributed by atoms with E-state index in [-0.39, 0.29) is 10.7 Å². The smallest absolute Gasteiger partial charge is 0.270 e. The molecule has 0 aliphatic carbocycles. The number of hydrogen-bond donors (Lipinski definition) is 1. The third kappa shape index (κ3) is 4.21. The third-order valence-corrected chi connectivity index (χ3v) is 6.57. The molecule has 1 aliphatic heterocycles. The highest BCUT2D eigenvalue weighted by molar-refractivity contribution is 7.80. The number of carbonyl (C=O) groups excluding carboxylic acids is 2. The first kappa shape index (κ1) is 23.6. The van der Waals surface area contributed by atoms with Gasteiger partial charge in [-0.1, -0.05) is 43.7 Å². The number of rotatable bonds is 4. The zero-order valence-corrected chi connectivity index (χ0v) is 21.2. The molecular formula is C28H29N3O2S. The van der Waals surface area contributed by atoms with E-state index in [1.165, 1.54) is 10.5 Å². The van der Waals surface area contributed by atoms with Gasteiger partial charge in [0.05, 0.1) is 5.69 Å². The maximum atomic E-state index is 13.5. The summed E-state index contributed by atoms with van der Waals surface area (Å²) < 4.78 is 2.13. The monoisotopic (exact) mass is 471 g/mol. The number of aromatic nitrogens is 1. The van der Waals surface area contributed by atoms with Gasteiger partial charge in [0.1, 0.15) is 5.57 Å². The number of thiocarbonyl (C=S) groups is 1. The van der Waals surface area contributed by atoms with Gasteiger partial charge < -0.3 is 4.57 Å². The van der Waals surface area contributed by atoms with Crippen LogP contribution in [0.1, 0.15) is 53.4 Å². The summed E-state index contributed by atoms with van der Waals surface area (Å²) in [7, 11) is 0. The molecule has 1 aliphatic rings. The summed E-state index contributed by atoms with van der Waals surface area (Å²) in [6, 6.07) is 16.2. The van der Waals surface area contributed by atoms with E-state index < -0.39 is 11.8 Å². The van der Waals surface area contributed by atoms with Gasteiger partial charge in [0.25, 0.3) is 11.8 Å². The maximum absolute atomic E-state index is 13.5. The van der Waals surface area contributed by atoms with Gasteiger partial charge in [0.2, 0.25) is 0 Å². The minimum atomic E-state index is -0.484. The average Bonchev–Trinajstić information content (AvgIpc) is 3.05. The standard InChI is InChI=1S/C28H29N3O2S/c1-16(2)21-8-10-23(11-9-21)30-19(5)14-22(20(30)6)15-24-26(32)29-28(34)31(27(24)33)25-12-7-17(3)13-18(25)4/h7-16H,1-6H3,(H,29,32,34)/b24-15+. The Bertz CT molecular complexity index is 1350. The van der Waals surface area contributed by atoms with Crippen molar-refractivity contribution < 1.29 is 9.59 Å². The molecule has 174 valence electrons. The molecule has 1 saturated heterocycles. The van der Waals surface area contributed by atoms with Crippen molar-refractivity contribution in [2.24, 2.45) is 0 Å². The number of aryl methyl sites for hydroxylation is 3. The molecule has 0 spiro atoms. The van der Waals surface area contributed by atoms with Gasteiger partial charge in [-0.2, -0.15) is 0 Å². The van der Waals surface area contributed by atoms with E-state index in [0.29, 0.717) is 11.6 Å². The number of nitrogens with one attached hydrogen (secondary N) is 1. The minimum absolute atomic E-state index is 0.0592. The van der Waals surface area contributed by atoms with Crippen LogP contribution in [0.2, 0.25) is 0 Å². The molecule has 0 radical (unpaired) electrons. The lowest BCUT2D eigenvalue weighted by Gasteiger charge is -2.30. The molecule has 1 N–H and O–H groups in total. The molecule has 0 atom stereocenters. The second-order valence-corrected chi connectivity index (χ2v) is 9.54. The Kier molecular flexibility index (Phi) is 6.28. The van der Waals surface area contributed by atoms with E-state index in [4.69, 9.17) is 12.2 Å². The third-order valence-electron chi connectivity index (χ3n) is 6.28. The molecular weight excluding hydrogens is 442 g/mol. The SMILES string of the molecule is Cc1ccc(N2C(=O)/C(=C/c3cc(C)n(-c4ccc(C(C)C)cc4)c3C)C(=O)NC2=S)c(C)c1. The summed E-state index contributed by atoms with van der Waals surface area (Å²) in [5.74, 6) is -0.447. The Morgan fingerprint density at radius 1 is 0.941 bits per heavy atom. The fourth-order valence-electron chi connectivity index (χ4n) is 4.43. The van der Waals surface area contributed by atoms with Gasteiger partial charge in [-0.3, -0.25) is 19.8 Å². The summed E-state index contributed by atoms with van der Waals surface area (Å²) in [6.45, 7) is 12.3. The van der Waals surface area contributed by atoms with Crippen molar-refractivity contribution >= 4 is 40.9 Å². The lowest BCUT2D eigenvalue weighted by Crippen LogP contribution is -2.54. The highest BCUT2D eigenvalue weighted by Gasteiger charge is 2.35. The largest absolute Gasteiger partial charge is 0.318 e. The molecule has 0 saturated carbocycles. The summed E-state index contributed by atoms with van der Waals surface area (Å²) in [6.07, 6.45) is 1.66. The van der Waals surface area contributed by atoms with Crippen LogP contribution in [0.5, 0.6) is 0 Å². The van der Waals surface area contributed by atoms with Crippen LogP contribution in [-0.4, -0.2) is 21.5 Å². The number of hydrogen-bond acceptors (Lipinski definition) is 3. The first-order chi connectivity index (χ1) is 16.1. The quantitative estimate of drug-likeness (QED) is 0.303. The number of benzene rings is 2. The molecule has 34 heavy (non-hydrogen) atoms. The summed E-state index contributed by atoms with van der Waals surface area (Å²) in [5, 5.41) is 2.77. The second-order valence-electron chi connectivity index (χ2n) is 9.16. The molecule has 2 heterocycles. The molecule has 5 nitrogen and oxygen atoms in total. The molecule has 1 aromatic heterocycles. The van der Waals surface area contributed by atoms with E-state index in [1.807, 2.05) is 52.0 Å². The molecule has 0 unspecified atom stereocenters. The molecule has 2 amide bonds. The van der Waals surface area contributed by atoms with E-state index in [0.717, 1.165) is 33.8 Å². The fraction of sp³-hybridized carbons (Fsp3) is 0.250. The Labute approximate surface area is 206 Å². The van der Waals surface area contributed by atoms with Crippen LogP contribution in [0.15, 0.2) is 54.1 Å². The topological polar surface area (TPSA) is 54.3 Å². The van der Waals surface area contributed by atoms with Gasteiger partial charge in [-0.15, -0.1) is 0 Å². The van der Waals surface area contributed by atoms with E-state index in [2.05, 4.69) is 48.0 Å². The Morgan fingerprint density at radius 2 is 1.62 bits per heavy atom. The van der Waals surface area contributed by atoms with Crippen molar-refractivity contribution in [3.05, 3.63) is 87.7 Å². The van der Waals surface area contributed by atoms with Crippen molar-refractivity contribution in [2.45, 2.75) is 47.5 Å². The van der Waals surface area contributed by atoms with Crippen molar-refractivity contribution in [3.8, 4) is 5.69 Å². The zero-order valence-electron chi connectivity index (χ0n) is 20.4. The van der Waals surface area contributed by atoms with E-state index in [9.17, 15) is 9.59 Å². The molecule has 1 fully saturated rings. The Morgan fingerprint density at radius 3 is 2.24 bits per heavy atom. The molecule has 6 heteroatoms. The summed E-state index contributed by atoms with van der Waals surface area (Å²) in [4.78, 5) is 27.7. The van der Waals surface area contributed by atoms with Crippen molar-refractivity contribution in [1.29, 1.82) is 0 Å². The van der Waals surface area contributed by atoms with Gasteiger partial charge in [-0.05, 0) is 92.9 Å². The zero-order chi connectivity index (χ0) is 24.7. The van der Waals surface area contributed by atoms with Crippen LogP contribution in [0.3, 0.4) is 0 Å². The van der Waals surface area contributed by atoms with Crippen molar-refractivity contribution in [3.63, 3.8) is 0 Å². The number of anilines is 1. The van der Waals surface area contributed by atoms with Crippen LogP contribution in [0, 0.1) is 27.7 Å². The average molecular weight is 472 g/mol. The first-order valence-corrected chi connectivity index (χ1v) is 11.8. The maximum Gasteiger partial charge on any atom is 0.270 e. The molecule has 2 aromatic carbocycles. The second kappa shape index (κ2) is 9.03. The molecule has 3 aromatic rings. The lowest BCUT2D eigenvalue weighted by atomic mass is 10.0. The fourth-order valence-corrected chi connectivity index (χ4v) is 4.70. The summed E-state index contributed by atoms with van der Waals surface area (Å²) in [5.41, 5.74) is 7.84. The molecule has 4 rings (SSSR count). The van der Waals surface area contributed by atoms with E-state index in [1.54, 1.807) is 6.08 Å². The van der Waals surface area contributed by atoms with Crippen LogP contribution < -0.4 is 10.2 Å². The lowest BCUT2D eigenvalue weighted by molar-refractivity contribution is -0.122.